The zero-order chi connectivity index (χ0) is 14.8. The van der Waals surface area contributed by atoms with E-state index in [4.69, 9.17) is 15.3 Å². The zero-order valence-corrected chi connectivity index (χ0v) is 11.4. The van der Waals surface area contributed by atoms with Gasteiger partial charge in [-0.15, -0.1) is 0 Å². The van der Waals surface area contributed by atoms with Crippen LogP contribution in [0.2, 0.25) is 0 Å². The Morgan fingerprint density at radius 1 is 0.800 bits per heavy atom. The molecule has 5 N–H and O–H groups in total. The third-order valence-electron chi connectivity index (χ3n) is 2.46. The highest BCUT2D eigenvalue weighted by molar-refractivity contribution is 5.46. The van der Waals surface area contributed by atoms with Crippen LogP contribution in [0.5, 0.6) is 11.5 Å². The minimum Gasteiger partial charge on any atom is -0.508 e. The van der Waals surface area contributed by atoms with E-state index in [1.54, 1.807) is 36.4 Å². The van der Waals surface area contributed by atoms with Gasteiger partial charge in [-0.05, 0) is 48.5 Å². The van der Waals surface area contributed by atoms with E-state index in [1.807, 2.05) is 19.2 Å². The predicted octanol–water partition coefficient (Wildman–Crippen LogP) is 2.23. The van der Waals surface area contributed by atoms with E-state index in [1.165, 1.54) is 0 Å². The number of phenolic OH excluding ortho intramolecular Hbond substituents is 2. The van der Waals surface area contributed by atoms with Gasteiger partial charge in [-0.25, -0.2) is 0 Å². The quantitative estimate of drug-likeness (QED) is 0.553. The molecule has 2 aromatic rings. The molecular weight excluding hydrogens is 256 g/mol. The molecule has 0 bridgehead atoms. The summed E-state index contributed by atoms with van der Waals surface area (Å²) in [5, 5.41) is 32.1. The highest BCUT2D eigenvalue weighted by Gasteiger charge is 1.89. The maximum Gasteiger partial charge on any atom is 0.115 e. The van der Waals surface area contributed by atoms with Gasteiger partial charge in [0.1, 0.15) is 11.5 Å². The van der Waals surface area contributed by atoms with Crippen molar-refractivity contribution >= 4 is 11.4 Å². The first kappa shape index (κ1) is 15.7. The van der Waals surface area contributed by atoms with E-state index in [0.717, 1.165) is 11.4 Å². The Balaban J connectivity index is 0.000000204. The van der Waals surface area contributed by atoms with E-state index in [0.29, 0.717) is 12.3 Å². The molecule has 5 nitrogen and oxygen atoms in total. The molecule has 0 atom stereocenters. The molecule has 0 aliphatic rings. The Morgan fingerprint density at radius 3 is 1.65 bits per heavy atom. The van der Waals surface area contributed by atoms with Crippen LogP contribution in [0.25, 0.3) is 0 Å². The van der Waals surface area contributed by atoms with Crippen molar-refractivity contribution in [2.24, 2.45) is 0 Å². The molecule has 2 rings (SSSR count). The van der Waals surface area contributed by atoms with Crippen molar-refractivity contribution in [3.63, 3.8) is 0 Å². The van der Waals surface area contributed by atoms with Crippen molar-refractivity contribution in [1.82, 2.24) is 0 Å². The van der Waals surface area contributed by atoms with Gasteiger partial charge in [-0.3, -0.25) is 0 Å². The summed E-state index contributed by atoms with van der Waals surface area (Å²) in [7, 11) is 1.84. The predicted molar refractivity (Wildman–Crippen MR) is 81.3 cm³/mol. The third-order valence-corrected chi connectivity index (χ3v) is 2.46. The van der Waals surface area contributed by atoms with Crippen LogP contribution in [0.4, 0.5) is 11.4 Å². The Hall–Kier alpha value is -2.40. The average Bonchev–Trinajstić information content (AvgIpc) is 2.48. The number of benzene rings is 2. The highest BCUT2D eigenvalue weighted by atomic mass is 16.3. The van der Waals surface area contributed by atoms with Crippen LogP contribution in [0.1, 0.15) is 0 Å². The van der Waals surface area contributed by atoms with Crippen molar-refractivity contribution in [2.45, 2.75) is 0 Å². The van der Waals surface area contributed by atoms with Crippen LogP contribution < -0.4 is 10.6 Å². The molecule has 5 heteroatoms. The van der Waals surface area contributed by atoms with Crippen molar-refractivity contribution in [3.05, 3.63) is 48.5 Å². The first-order chi connectivity index (χ1) is 9.65. The normalized spacial score (nSPS) is 9.30. The lowest BCUT2D eigenvalue weighted by molar-refractivity contribution is 0.311. The molecule has 0 aliphatic carbocycles. The molecule has 0 unspecified atom stereocenters. The summed E-state index contributed by atoms with van der Waals surface area (Å²) in [6.45, 7) is 0.644. The number of rotatable bonds is 4. The number of aliphatic hydroxyl groups is 1. The second-order valence-corrected chi connectivity index (χ2v) is 3.99. The summed E-state index contributed by atoms with van der Waals surface area (Å²) >= 11 is 0. The van der Waals surface area contributed by atoms with Gasteiger partial charge in [0.25, 0.3) is 0 Å². The molecule has 108 valence electrons. The van der Waals surface area contributed by atoms with E-state index in [2.05, 4.69) is 10.6 Å². The molecule has 0 fully saturated rings. The Labute approximate surface area is 118 Å². The number of nitrogens with one attached hydrogen (secondary N) is 2. The first-order valence-corrected chi connectivity index (χ1v) is 6.26. The molecule has 0 heterocycles. The second-order valence-electron chi connectivity index (χ2n) is 3.99. The molecule has 20 heavy (non-hydrogen) atoms. The Morgan fingerprint density at radius 2 is 1.25 bits per heavy atom. The monoisotopic (exact) mass is 276 g/mol. The fourth-order valence-electron chi connectivity index (χ4n) is 1.41. The van der Waals surface area contributed by atoms with E-state index in [9.17, 15) is 0 Å². The largest absolute Gasteiger partial charge is 0.508 e. The third kappa shape index (κ3) is 5.97. The van der Waals surface area contributed by atoms with Gasteiger partial charge in [-0.1, -0.05) is 0 Å². The molecule has 0 saturated carbocycles. The minimum atomic E-state index is 0.112. The number of hydrogen-bond acceptors (Lipinski definition) is 5. The lowest BCUT2D eigenvalue weighted by Gasteiger charge is -2.02. The molecule has 0 aromatic heterocycles. The summed E-state index contributed by atoms with van der Waals surface area (Å²) in [6.07, 6.45) is 0. The second kappa shape index (κ2) is 8.66. The fraction of sp³-hybridized carbons (Fsp3) is 0.200. The van der Waals surface area contributed by atoms with Crippen LogP contribution in [-0.4, -0.2) is 35.5 Å². The van der Waals surface area contributed by atoms with Crippen LogP contribution >= 0.6 is 0 Å². The summed E-state index contributed by atoms with van der Waals surface area (Å²) in [4.78, 5) is 0. The Kier molecular flexibility index (Phi) is 6.78. The number of phenols is 2. The molecule has 2 aromatic carbocycles. The average molecular weight is 276 g/mol. The van der Waals surface area contributed by atoms with Crippen molar-refractivity contribution in [1.29, 1.82) is 0 Å². The van der Waals surface area contributed by atoms with Gasteiger partial charge in [0.2, 0.25) is 0 Å². The highest BCUT2D eigenvalue weighted by Crippen LogP contribution is 2.13. The molecule has 0 aliphatic heterocycles. The fourth-order valence-corrected chi connectivity index (χ4v) is 1.41. The van der Waals surface area contributed by atoms with Crippen LogP contribution in [-0.2, 0) is 0 Å². The number of aliphatic hydroxyl groups excluding tert-OH is 1. The van der Waals surface area contributed by atoms with Gasteiger partial charge in [0, 0.05) is 25.0 Å². The summed E-state index contributed by atoms with van der Waals surface area (Å²) in [6, 6.07) is 13.6. The molecule has 0 radical (unpaired) electrons. The maximum absolute atomic E-state index is 8.90. The van der Waals surface area contributed by atoms with E-state index < -0.39 is 0 Å². The van der Waals surface area contributed by atoms with Gasteiger partial charge < -0.3 is 26.0 Å². The molecule has 0 saturated heterocycles. The van der Waals surface area contributed by atoms with Gasteiger partial charge >= 0.3 is 0 Å². The van der Waals surface area contributed by atoms with Crippen LogP contribution in [0.3, 0.4) is 0 Å². The maximum atomic E-state index is 8.90. The Bertz CT molecular complexity index is 483. The zero-order valence-electron chi connectivity index (χ0n) is 11.4. The lowest BCUT2D eigenvalue weighted by atomic mass is 10.3. The molecule has 0 spiro atoms. The minimum absolute atomic E-state index is 0.112. The van der Waals surface area contributed by atoms with Crippen LogP contribution in [0, 0.1) is 0 Å². The lowest BCUT2D eigenvalue weighted by Crippen LogP contribution is -2.04. The van der Waals surface area contributed by atoms with Crippen molar-refractivity contribution < 1.29 is 15.3 Å². The summed E-state index contributed by atoms with van der Waals surface area (Å²) in [5.41, 5.74) is 1.91. The number of hydrogen-bond donors (Lipinski definition) is 5. The summed E-state index contributed by atoms with van der Waals surface area (Å²) < 4.78 is 0. The molecular formula is C15H20N2O3. The van der Waals surface area contributed by atoms with E-state index in [-0.39, 0.29) is 12.4 Å². The van der Waals surface area contributed by atoms with Gasteiger partial charge in [0.15, 0.2) is 0 Å². The van der Waals surface area contributed by atoms with Gasteiger partial charge in [-0.2, -0.15) is 0 Å². The van der Waals surface area contributed by atoms with Crippen LogP contribution in [0.15, 0.2) is 48.5 Å². The SMILES string of the molecule is CNc1ccc(O)cc1.OCCNc1ccc(O)cc1. The van der Waals surface area contributed by atoms with Crippen molar-refractivity contribution in [2.75, 3.05) is 30.8 Å². The number of aromatic hydroxyl groups is 2. The van der Waals surface area contributed by atoms with Crippen molar-refractivity contribution in [3.8, 4) is 11.5 Å². The summed E-state index contributed by atoms with van der Waals surface area (Å²) in [5.74, 6) is 0.550. The number of anilines is 2. The molecule has 0 amide bonds. The topological polar surface area (TPSA) is 84.8 Å². The smallest absolute Gasteiger partial charge is 0.115 e. The van der Waals surface area contributed by atoms with Gasteiger partial charge in [0.05, 0.1) is 6.61 Å². The standard InChI is InChI=1S/C8H11NO2.C7H9NO/c10-6-5-9-7-1-3-8(11)4-2-7;1-8-6-2-4-7(9)5-3-6/h1-4,9-11H,5-6H2;2-5,8-9H,1H3. The van der Waals surface area contributed by atoms with E-state index >= 15 is 0 Å². The first-order valence-electron chi connectivity index (χ1n) is 6.26.